The Morgan fingerprint density at radius 2 is 2.00 bits per heavy atom. The van der Waals surface area contributed by atoms with Crippen molar-refractivity contribution in [3.8, 4) is 0 Å². The monoisotopic (exact) mass is 433 g/mol. The fourth-order valence-electron chi connectivity index (χ4n) is 6.06. The number of carbonyl (C=O) groups is 1. The number of hydrogen-bond acceptors (Lipinski definition) is 4. The van der Waals surface area contributed by atoms with Gasteiger partial charge < -0.3 is 15.0 Å². The molecular weight excluding hydrogens is 402 g/mol. The summed E-state index contributed by atoms with van der Waals surface area (Å²) in [6, 6.07) is 13.3. The molecule has 5 atom stereocenters. The molecule has 6 nitrogen and oxygen atoms in total. The Bertz CT molecular complexity index is 1110. The Balaban J connectivity index is 1.41. The van der Waals surface area contributed by atoms with Gasteiger partial charge in [-0.2, -0.15) is 0 Å². The number of benzene rings is 1. The van der Waals surface area contributed by atoms with E-state index in [0.29, 0.717) is 6.54 Å². The SMILES string of the molecule is C[C@@H](NC(=O)[C@@H]1[C@@H](CO)[C@@H]2Cn3c(ccc(C4=CCCC4)c3=O)[C@@H]2N1C)c1ccccc1. The number of nitrogens with zero attached hydrogens (tertiary/aromatic N) is 2. The Labute approximate surface area is 188 Å². The van der Waals surface area contributed by atoms with Gasteiger partial charge in [0, 0.05) is 36.2 Å². The molecule has 2 aliphatic heterocycles. The summed E-state index contributed by atoms with van der Waals surface area (Å²) in [5, 5.41) is 13.4. The van der Waals surface area contributed by atoms with Crippen LogP contribution in [0.2, 0.25) is 0 Å². The van der Waals surface area contributed by atoms with Gasteiger partial charge in [0.15, 0.2) is 0 Å². The predicted octanol–water partition coefficient (Wildman–Crippen LogP) is 2.89. The van der Waals surface area contributed by atoms with E-state index in [1.54, 1.807) is 0 Å². The summed E-state index contributed by atoms with van der Waals surface area (Å²) >= 11 is 0. The molecule has 2 aromatic rings. The Kier molecular flexibility index (Phi) is 5.51. The topological polar surface area (TPSA) is 74.6 Å². The highest BCUT2D eigenvalue weighted by Crippen LogP contribution is 2.48. The summed E-state index contributed by atoms with van der Waals surface area (Å²) in [4.78, 5) is 28.6. The van der Waals surface area contributed by atoms with Crippen LogP contribution in [0, 0.1) is 11.8 Å². The van der Waals surface area contributed by atoms with Crippen molar-refractivity contribution in [1.29, 1.82) is 0 Å². The van der Waals surface area contributed by atoms with Crippen LogP contribution in [0.3, 0.4) is 0 Å². The van der Waals surface area contributed by atoms with Gasteiger partial charge in [0.2, 0.25) is 5.91 Å². The molecule has 3 heterocycles. The van der Waals surface area contributed by atoms with E-state index in [2.05, 4.69) is 22.4 Å². The largest absolute Gasteiger partial charge is 0.396 e. The zero-order chi connectivity index (χ0) is 22.4. The predicted molar refractivity (Wildman–Crippen MR) is 124 cm³/mol. The van der Waals surface area contributed by atoms with Gasteiger partial charge in [-0.1, -0.05) is 36.4 Å². The van der Waals surface area contributed by atoms with Crippen LogP contribution in [0.4, 0.5) is 0 Å². The molecule has 3 aliphatic rings. The van der Waals surface area contributed by atoms with Crippen molar-refractivity contribution in [3.05, 3.63) is 75.7 Å². The molecule has 1 amide bonds. The van der Waals surface area contributed by atoms with Gasteiger partial charge in [0.1, 0.15) is 0 Å². The summed E-state index contributed by atoms with van der Waals surface area (Å²) in [5.74, 6) is -0.256. The minimum Gasteiger partial charge on any atom is -0.396 e. The van der Waals surface area contributed by atoms with Crippen LogP contribution in [-0.4, -0.2) is 40.2 Å². The number of aliphatic hydroxyl groups is 1. The quantitative estimate of drug-likeness (QED) is 0.761. The molecule has 1 aliphatic carbocycles. The third-order valence-corrected chi connectivity index (χ3v) is 7.67. The first-order valence-electron chi connectivity index (χ1n) is 11.6. The fourth-order valence-corrected chi connectivity index (χ4v) is 6.06. The van der Waals surface area contributed by atoms with Crippen molar-refractivity contribution in [2.75, 3.05) is 13.7 Å². The maximum atomic E-state index is 13.3. The number of carbonyl (C=O) groups excluding carboxylic acids is 1. The molecule has 0 bridgehead atoms. The number of fused-ring (bicyclic) bond motifs is 3. The highest BCUT2D eigenvalue weighted by atomic mass is 16.3. The van der Waals surface area contributed by atoms with Gasteiger partial charge in [0.05, 0.1) is 18.1 Å². The van der Waals surface area contributed by atoms with Crippen molar-refractivity contribution < 1.29 is 9.90 Å². The van der Waals surface area contributed by atoms with E-state index in [-0.39, 0.29) is 42.0 Å². The number of amides is 1. The van der Waals surface area contributed by atoms with Crippen LogP contribution in [0.5, 0.6) is 0 Å². The van der Waals surface area contributed by atoms with Crippen molar-refractivity contribution in [1.82, 2.24) is 14.8 Å². The van der Waals surface area contributed by atoms with E-state index in [9.17, 15) is 14.7 Å². The third kappa shape index (κ3) is 3.33. The van der Waals surface area contributed by atoms with Crippen molar-refractivity contribution in [2.45, 2.75) is 50.9 Å². The van der Waals surface area contributed by atoms with E-state index in [4.69, 9.17) is 0 Å². The number of allylic oxidation sites excluding steroid dienone is 2. The average molecular weight is 434 g/mol. The zero-order valence-corrected chi connectivity index (χ0v) is 18.7. The van der Waals surface area contributed by atoms with Crippen molar-refractivity contribution in [2.24, 2.45) is 11.8 Å². The number of rotatable bonds is 5. The average Bonchev–Trinajstić information content (AvgIpc) is 3.51. The highest BCUT2D eigenvalue weighted by molar-refractivity contribution is 5.83. The number of likely N-dealkylation sites (N-methyl/N-ethyl adjacent to an activating group) is 1. The minimum absolute atomic E-state index is 0.0355. The third-order valence-electron chi connectivity index (χ3n) is 7.67. The number of pyridine rings is 1. The Morgan fingerprint density at radius 3 is 2.69 bits per heavy atom. The molecule has 1 saturated heterocycles. The van der Waals surface area contributed by atoms with Crippen LogP contribution in [0.1, 0.15) is 55.1 Å². The molecule has 0 radical (unpaired) electrons. The molecule has 5 rings (SSSR count). The van der Waals surface area contributed by atoms with Crippen molar-refractivity contribution >= 4 is 11.5 Å². The standard InChI is InChI=1S/C26H31N3O3/c1-16(17-8-4-3-5-9-17)27-25(31)24-21(15-30)20-14-29-22(23(20)28(24)2)13-12-19(26(29)32)18-10-6-7-11-18/h3-5,8-10,12-13,16,20-21,23-24,30H,6-7,11,14-15H2,1-2H3,(H,27,31)/t16-,20+,21+,23-,24+/m1/s1. The van der Waals surface area contributed by atoms with Gasteiger partial charge in [-0.05, 0) is 56.5 Å². The summed E-state index contributed by atoms with van der Waals surface area (Å²) in [6.07, 6.45) is 5.28. The first-order chi connectivity index (χ1) is 15.5. The second-order valence-electron chi connectivity index (χ2n) is 9.42. The Morgan fingerprint density at radius 1 is 1.22 bits per heavy atom. The second kappa shape index (κ2) is 8.34. The van der Waals surface area contributed by atoms with Gasteiger partial charge >= 0.3 is 0 Å². The molecule has 1 aromatic carbocycles. The smallest absolute Gasteiger partial charge is 0.258 e. The lowest BCUT2D eigenvalue weighted by Crippen LogP contribution is -2.47. The van der Waals surface area contributed by atoms with Crippen LogP contribution in [0.25, 0.3) is 5.57 Å². The molecule has 6 heteroatoms. The number of hydrogen-bond donors (Lipinski definition) is 2. The maximum absolute atomic E-state index is 13.3. The van der Waals surface area contributed by atoms with Gasteiger partial charge in [-0.3, -0.25) is 14.5 Å². The Hall–Kier alpha value is -2.70. The molecule has 2 N–H and O–H groups in total. The highest BCUT2D eigenvalue weighted by Gasteiger charge is 2.54. The molecular formula is C26H31N3O3. The summed E-state index contributed by atoms with van der Waals surface area (Å²) in [7, 11) is 1.94. The maximum Gasteiger partial charge on any atom is 0.258 e. The zero-order valence-electron chi connectivity index (χ0n) is 18.7. The summed E-state index contributed by atoms with van der Waals surface area (Å²) in [6.45, 7) is 2.45. The van der Waals surface area contributed by atoms with Gasteiger partial charge in [0.25, 0.3) is 5.56 Å². The summed E-state index contributed by atoms with van der Waals surface area (Å²) in [5.41, 5.74) is 4.03. The van der Waals surface area contributed by atoms with E-state index in [0.717, 1.165) is 41.7 Å². The number of aliphatic hydroxyl groups excluding tert-OH is 1. The van der Waals surface area contributed by atoms with Crippen LogP contribution >= 0.6 is 0 Å². The molecule has 0 unspecified atom stereocenters. The molecule has 0 saturated carbocycles. The first kappa shape index (κ1) is 21.2. The molecule has 1 fully saturated rings. The number of likely N-dealkylation sites (tertiary alicyclic amines) is 1. The lowest BCUT2D eigenvalue weighted by Gasteiger charge is -2.28. The number of nitrogens with one attached hydrogen (secondary N) is 1. The lowest BCUT2D eigenvalue weighted by molar-refractivity contribution is -0.127. The van der Waals surface area contributed by atoms with Crippen molar-refractivity contribution in [3.63, 3.8) is 0 Å². The fraction of sp³-hybridized carbons (Fsp3) is 0.462. The van der Waals surface area contributed by atoms with Crippen LogP contribution in [0.15, 0.2) is 53.3 Å². The number of aromatic nitrogens is 1. The van der Waals surface area contributed by atoms with E-state index < -0.39 is 6.04 Å². The lowest BCUT2D eigenvalue weighted by atomic mass is 9.88. The van der Waals surface area contributed by atoms with Crippen LogP contribution < -0.4 is 10.9 Å². The van der Waals surface area contributed by atoms with E-state index in [1.807, 2.05) is 54.9 Å². The molecule has 0 spiro atoms. The molecule has 1 aromatic heterocycles. The van der Waals surface area contributed by atoms with E-state index >= 15 is 0 Å². The van der Waals surface area contributed by atoms with E-state index in [1.165, 1.54) is 0 Å². The van der Waals surface area contributed by atoms with Gasteiger partial charge in [-0.25, -0.2) is 0 Å². The first-order valence-corrected chi connectivity index (χ1v) is 11.6. The normalized spacial score (nSPS) is 27.7. The van der Waals surface area contributed by atoms with Crippen LogP contribution in [-0.2, 0) is 11.3 Å². The van der Waals surface area contributed by atoms with Gasteiger partial charge in [-0.15, -0.1) is 0 Å². The summed E-state index contributed by atoms with van der Waals surface area (Å²) < 4.78 is 1.88. The molecule has 168 valence electrons. The molecule has 32 heavy (non-hydrogen) atoms. The minimum atomic E-state index is -0.428. The second-order valence-corrected chi connectivity index (χ2v) is 9.42.